The number of amides is 2. The first kappa shape index (κ1) is 16.6. The Morgan fingerprint density at radius 3 is 2.75 bits per heavy atom. The Balaban J connectivity index is 2.11. The van der Waals surface area contributed by atoms with Crippen molar-refractivity contribution in [2.45, 2.75) is 39.7 Å². The van der Waals surface area contributed by atoms with Crippen molar-refractivity contribution in [1.29, 1.82) is 0 Å². The minimum Gasteiger partial charge on any atom is -0.469 e. The zero-order valence-corrected chi connectivity index (χ0v) is 12.8. The van der Waals surface area contributed by atoms with E-state index in [9.17, 15) is 4.79 Å². The average Bonchev–Trinajstić information content (AvgIpc) is 2.94. The van der Waals surface area contributed by atoms with Gasteiger partial charge in [0.1, 0.15) is 5.76 Å². The molecule has 114 valence electrons. The van der Waals surface area contributed by atoms with Gasteiger partial charge >= 0.3 is 6.03 Å². The first-order valence-electron chi connectivity index (χ1n) is 7.44. The Morgan fingerprint density at radius 1 is 1.40 bits per heavy atom. The van der Waals surface area contributed by atoms with Gasteiger partial charge in [0.25, 0.3) is 0 Å². The summed E-state index contributed by atoms with van der Waals surface area (Å²) in [6, 6.07) is 3.88. The van der Waals surface area contributed by atoms with Crippen molar-refractivity contribution in [3.05, 3.63) is 24.2 Å². The van der Waals surface area contributed by atoms with E-state index in [1.807, 2.05) is 19.1 Å². The van der Waals surface area contributed by atoms with Gasteiger partial charge in [-0.1, -0.05) is 13.8 Å². The summed E-state index contributed by atoms with van der Waals surface area (Å²) >= 11 is 0. The molecule has 0 fully saturated rings. The van der Waals surface area contributed by atoms with Crippen LogP contribution < -0.4 is 10.6 Å². The summed E-state index contributed by atoms with van der Waals surface area (Å²) in [7, 11) is 0. The van der Waals surface area contributed by atoms with Crippen molar-refractivity contribution >= 4 is 6.03 Å². The minimum absolute atomic E-state index is 0.0934. The van der Waals surface area contributed by atoms with Gasteiger partial charge in [-0.15, -0.1) is 0 Å². The van der Waals surface area contributed by atoms with Crippen LogP contribution in [0.2, 0.25) is 0 Å². The lowest BCUT2D eigenvalue weighted by molar-refractivity contribution is 0.233. The lowest BCUT2D eigenvalue weighted by atomic mass is 10.1. The van der Waals surface area contributed by atoms with E-state index in [0.717, 1.165) is 38.2 Å². The van der Waals surface area contributed by atoms with Crippen molar-refractivity contribution in [3.8, 4) is 0 Å². The van der Waals surface area contributed by atoms with Crippen LogP contribution in [0.25, 0.3) is 0 Å². The molecule has 0 saturated carbocycles. The third kappa shape index (κ3) is 6.61. The van der Waals surface area contributed by atoms with E-state index in [1.165, 1.54) is 0 Å². The Labute approximate surface area is 121 Å². The zero-order valence-electron chi connectivity index (χ0n) is 12.8. The summed E-state index contributed by atoms with van der Waals surface area (Å²) in [6.45, 7) is 9.85. The molecule has 1 heterocycles. The van der Waals surface area contributed by atoms with Gasteiger partial charge in [0.2, 0.25) is 0 Å². The van der Waals surface area contributed by atoms with Crippen LogP contribution in [0.5, 0.6) is 0 Å². The molecule has 0 bridgehead atoms. The molecular formula is C15H27N3O2. The molecule has 2 amide bonds. The van der Waals surface area contributed by atoms with E-state index in [0.29, 0.717) is 6.54 Å². The molecule has 0 unspecified atom stereocenters. The fraction of sp³-hybridized carbons (Fsp3) is 0.667. The number of nitrogens with zero attached hydrogens (tertiary/aromatic N) is 1. The van der Waals surface area contributed by atoms with Crippen molar-refractivity contribution in [1.82, 2.24) is 15.5 Å². The zero-order chi connectivity index (χ0) is 14.8. The van der Waals surface area contributed by atoms with Crippen LogP contribution in [0.15, 0.2) is 22.8 Å². The molecule has 0 radical (unpaired) electrons. The van der Waals surface area contributed by atoms with Crippen molar-refractivity contribution < 1.29 is 9.21 Å². The molecule has 1 aromatic heterocycles. The Hall–Kier alpha value is -1.49. The van der Waals surface area contributed by atoms with Gasteiger partial charge in [-0.05, 0) is 38.6 Å². The third-order valence-corrected chi connectivity index (χ3v) is 3.39. The van der Waals surface area contributed by atoms with Crippen LogP contribution in [0, 0.1) is 0 Å². The topological polar surface area (TPSA) is 57.5 Å². The highest BCUT2D eigenvalue weighted by molar-refractivity contribution is 5.74. The van der Waals surface area contributed by atoms with E-state index >= 15 is 0 Å². The predicted octanol–water partition coefficient (Wildman–Crippen LogP) is 2.24. The summed E-state index contributed by atoms with van der Waals surface area (Å²) in [5.74, 6) is 0.959. The molecular weight excluding hydrogens is 254 g/mol. The molecule has 1 atom stereocenters. The molecule has 0 aliphatic rings. The Morgan fingerprint density at radius 2 is 2.15 bits per heavy atom. The number of hydrogen-bond donors (Lipinski definition) is 2. The number of carbonyl (C=O) groups excluding carboxylic acids is 1. The normalized spacial score (nSPS) is 12.4. The van der Waals surface area contributed by atoms with Crippen LogP contribution in [0.1, 0.15) is 33.0 Å². The van der Waals surface area contributed by atoms with E-state index in [2.05, 4.69) is 29.4 Å². The van der Waals surface area contributed by atoms with E-state index in [4.69, 9.17) is 4.42 Å². The maximum absolute atomic E-state index is 11.7. The van der Waals surface area contributed by atoms with Crippen LogP contribution in [0.3, 0.4) is 0 Å². The van der Waals surface area contributed by atoms with Crippen molar-refractivity contribution in [2.75, 3.05) is 26.2 Å². The van der Waals surface area contributed by atoms with Gasteiger partial charge in [0.15, 0.2) is 0 Å². The number of rotatable bonds is 9. The first-order valence-corrected chi connectivity index (χ1v) is 7.44. The lowest BCUT2D eigenvalue weighted by Crippen LogP contribution is -2.43. The number of carbonyl (C=O) groups is 1. The van der Waals surface area contributed by atoms with Gasteiger partial charge in [0, 0.05) is 25.6 Å². The molecule has 0 aliphatic carbocycles. The van der Waals surface area contributed by atoms with Crippen molar-refractivity contribution in [3.63, 3.8) is 0 Å². The predicted molar refractivity (Wildman–Crippen MR) is 80.8 cm³/mol. The quantitative estimate of drug-likeness (QED) is 0.730. The largest absolute Gasteiger partial charge is 0.469 e. The molecule has 0 saturated heterocycles. The molecule has 5 nitrogen and oxygen atoms in total. The van der Waals surface area contributed by atoms with Crippen molar-refractivity contribution in [2.24, 2.45) is 0 Å². The minimum atomic E-state index is -0.0934. The Bertz CT molecular complexity index is 361. The number of nitrogens with one attached hydrogen (secondary N) is 2. The summed E-state index contributed by atoms with van der Waals surface area (Å²) in [5, 5.41) is 5.83. The molecule has 5 heteroatoms. The van der Waals surface area contributed by atoms with Gasteiger partial charge in [-0.25, -0.2) is 4.79 Å². The molecule has 20 heavy (non-hydrogen) atoms. The molecule has 1 rings (SSSR count). The SMILES string of the molecule is CCN(CC)CCNC(=O)N[C@H](C)CCc1ccco1. The maximum atomic E-state index is 11.7. The van der Waals surface area contributed by atoms with Gasteiger partial charge in [-0.2, -0.15) is 0 Å². The second-order valence-corrected chi connectivity index (χ2v) is 4.95. The number of aryl methyl sites for hydroxylation is 1. The summed E-state index contributed by atoms with van der Waals surface area (Å²) in [5.41, 5.74) is 0. The maximum Gasteiger partial charge on any atom is 0.315 e. The van der Waals surface area contributed by atoms with Gasteiger partial charge in [0.05, 0.1) is 6.26 Å². The van der Waals surface area contributed by atoms with Crippen LogP contribution >= 0.6 is 0 Å². The highest BCUT2D eigenvalue weighted by atomic mass is 16.3. The molecule has 2 N–H and O–H groups in total. The van der Waals surface area contributed by atoms with E-state index in [1.54, 1.807) is 6.26 Å². The highest BCUT2D eigenvalue weighted by Crippen LogP contribution is 2.05. The Kier molecular flexibility index (Phi) is 7.80. The summed E-state index contributed by atoms with van der Waals surface area (Å²) in [6.07, 6.45) is 3.39. The molecule has 1 aromatic rings. The summed E-state index contributed by atoms with van der Waals surface area (Å²) in [4.78, 5) is 14.0. The lowest BCUT2D eigenvalue weighted by Gasteiger charge is -2.19. The standard InChI is InChI=1S/C15H27N3O2/c1-4-18(5-2)11-10-16-15(19)17-13(3)8-9-14-7-6-12-20-14/h6-7,12-13H,4-5,8-11H2,1-3H3,(H2,16,17,19)/t13-/m1/s1. The number of furan rings is 1. The number of urea groups is 1. The number of hydrogen-bond acceptors (Lipinski definition) is 3. The average molecular weight is 281 g/mol. The highest BCUT2D eigenvalue weighted by Gasteiger charge is 2.08. The smallest absolute Gasteiger partial charge is 0.315 e. The fourth-order valence-electron chi connectivity index (χ4n) is 2.03. The third-order valence-electron chi connectivity index (χ3n) is 3.39. The second-order valence-electron chi connectivity index (χ2n) is 4.95. The molecule has 0 aromatic carbocycles. The van der Waals surface area contributed by atoms with Crippen LogP contribution in [0.4, 0.5) is 4.79 Å². The number of likely N-dealkylation sites (N-methyl/N-ethyl adjacent to an activating group) is 1. The van der Waals surface area contributed by atoms with Crippen LogP contribution in [-0.2, 0) is 6.42 Å². The fourth-order valence-corrected chi connectivity index (χ4v) is 2.03. The van der Waals surface area contributed by atoms with E-state index < -0.39 is 0 Å². The van der Waals surface area contributed by atoms with E-state index in [-0.39, 0.29) is 12.1 Å². The monoisotopic (exact) mass is 281 g/mol. The molecule has 0 aliphatic heterocycles. The summed E-state index contributed by atoms with van der Waals surface area (Å²) < 4.78 is 5.27. The first-order chi connectivity index (χ1) is 9.65. The second kappa shape index (κ2) is 9.42. The van der Waals surface area contributed by atoms with Gasteiger partial charge in [-0.3, -0.25) is 0 Å². The molecule has 0 spiro atoms. The van der Waals surface area contributed by atoms with Gasteiger partial charge < -0.3 is 20.0 Å². The van der Waals surface area contributed by atoms with Crippen LogP contribution in [-0.4, -0.2) is 43.2 Å².